The van der Waals surface area contributed by atoms with Gasteiger partial charge in [0.05, 0.1) is 11.4 Å². The van der Waals surface area contributed by atoms with Crippen LogP contribution in [0.25, 0.3) is 33.5 Å². The van der Waals surface area contributed by atoms with E-state index >= 15 is 0 Å². The third kappa shape index (κ3) is 15.5. The summed E-state index contributed by atoms with van der Waals surface area (Å²) in [6, 6.07) is 32.5. The Morgan fingerprint density at radius 1 is 0.561 bits per heavy atom. The Balaban J connectivity index is 0.000000262. The topological polar surface area (TPSA) is 54.0 Å². The summed E-state index contributed by atoms with van der Waals surface area (Å²) < 4.78 is 0. The molecule has 0 unspecified atom stereocenters. The second kappa shape index (κ2) is 18.3. The summed E-state index contributed by atoms with van der Waals surface area (Å²) >= 11 is -0.826. The van der Waals surface area contributed by atoms with Crippen LogP contribution in [0.2, 0.25) is 39.3 Å². The molecule has 2 heterocycles. The first-order valence-corrected chi connectivity index (χ1v) is 26.5. The molecule has 0 N–H and O–H groups in total. The molecule has 0 amide bonds. The zero-order valence-electron chi connectivity index (χ0n) is 24.6. The third-order valence-electron chi connectivity index (χ3n) is 5.00. The average molecular weight is 697 g/mol. The van der Waals surface area contributed by atoms with Gasteiger partial charge in [0.15, 0.2) is 0 Å². The van der Waals surface area contributed by atoms with Crippen LogP contribution in [-0.2, 0) is 20.8 Å². The molecule has 0 saturated heterocycles. The van der Waals surface area contributed by atoms with E-state index in [1.165, 1.54) is 0 Å². The van der Waals surface area contributed by atoms with E-state index in [1.807, 2.05) is 85.2 Å². The van der Waals surface area contributed by atoms with E-state index in [0.717, 1.165) is 33.9 Å². The number of aromatic nitrogens is 2. The average Bonchev–Trinajstić information content (AvgIpc) is 2.94. The van der Waals surface area contributed by atoms with Gasteiger partial charge in [-0.05, 0) is 51.9 Å². The molecule has 0 spiro atoms. The Bertz CT molecular complexity index is 1220. The van der Waals surface area contributed by atoms with Gasteiger partial charge < -0.3 is 9.96 Å². The van der Waals surface area contributed by atoms with E-state index in [-0.39, 0.29) is 0 Å². The van der Waals surface area contributed by atoms with Crippen LogP contribution in [-0.4, -0.2) is 26.4 Å². The quantitative estimate of drug-likeness (QED) is 0.172. The van der Waals surface area contributed by atoms with E-state index in [1.54, 1.807) is 0 Å². The summed E-state index contributed by atoms with van der Waals surface area (Å²) in [6.45, 7) is 13.4. The van der Waals surface area contributed by atoms with Crippen LogP contribution < -0.4 is 0 Å². The fraction of sp³-hybridized carbons (Fsp3) is 0.188. The van der Waals surface area contributed by atoms with Crippen LogP contribution in [0.4, 0.5) is 0 Å². The van der Waals surface area contributed by atoms with Crippen molar-refractivity contribution in [1.82, 2.24) is 9.97 Å². The Hall–Kier alpha value is -2.28. The molecule has 41 heavy (non-hydrogen) atoms. The summed E-state index contributed by atoms with van der Waals surface area (Å²) in [6.07, 6.45) is 7.74. The summed E-state index contributed by atoms with van der Waals surface area (Å²) in [7, 11) is 6.81. The normalized spacial score (nSPS) is 11.6. The maximum atomic E-state index is 4.93. The molecule has 0 aliphatic carbocycles. The monoisotopic (exact) mass is 694 g/mol. The van der Waals surface area contributed by atoms with E-state index in [4.69, 9.17) is 27.0 Å². The van der Waals surface area contributed by atoms with Crippen molar-refractivity contribution in [2.45, 2.75) is 39.3 Å². The van der Waals surface area contributed by atoms with Crippen LogP contribution in [0.15, 0.2) is 109 Å². The van der Waals surface area contributed by atoms with E-state index < -0.39 is 37.3 Å². The fourth-order valence-corrected chi connectivity index (χ4v) is 5.34. The summed E-state index contributed by atoms with van der Waals surface area (Å²) in [5, 5.41) is 0. The van der Waals surface area contributed by atoms with Crippen molar-refractivity contribution in [2.24, 2.45) is 0 Å². The van der Waals surface area contributed by atoms with Gasteiger partial charge in [0, 0.05) is 12.4 Å². The number of hydrogen-bond donors (Lipinski definition) is 0. The van der Waals surface area contributed by atoms with E-state index in [2.05, 4.69) is 85.7 Å². The Labute approximate surface area is 267 Å². The molecular formula is C32H38Cl2N4Si2Zr. The second-order valence-corrected chi connectivity index (χ2v) is 23.8. The van der Waals surface area contributed by atoms with Crippen molar-refractivity contribution in [1.29, 1.82) is 0 Å². The van der Waals surface area contributed by atoms with Crippen LogP contribution >= 0.6 is 17.0 Å². The van der Waals surface area contributed by atoms with Crippen molar-refractivity contribution >= 4 is 57.0 Å². The molecule has 4 aromatic rings. The molecule has 9 heteroatoms. The van der Waals surface area contributed by atoms with Crippen LogP contribution in [0, 0.1) is 0 Å². The van der Waals surface area contributed by atoms with Crippen molar-refractivity contribution in [3.05, 3.63) is 142 Å². The molecule has 0 aliphatic rings. The zero-order chi connectivity index (χ0) is 30.1. The van der Waals surface area contributed by atoms with Crippen molar-refractivity contribution in [3.8, 4) is 0 Å². The van der Waals surface area contributed by atoms with Crippen molar-refractivity contribution in [2.75, 3.05) is 0 Å². The van der Waals surface area contributed by atoms with Gasteiger partial charge in [0.1, 0.15) is 0 Å². The maximum absolute atomic E-state index is 4.93. The van der Waals surface area contributed by atoms with Gasteiger partial charge in [-0.2, -0.15) is 0 Å². The van der Waals surface area contributed by atoms with Crippen molar-refractivity contribution in [3.63, 3.8) is 0 Å². The molecular weight excluding hydrogens is 659 g/mol. The Morgan fingerprint density at radius 3 is 1.15 bits per heavy atom. The first-order chi connectivity index (χ1) is 19.5. The molecule has 0 aliphatic heterocycles. The minimum atomic E-state index is -1.53. The molecule has 0 saturated carbocycles. The van der Waals surface area contributed by atoms with E-state index in [9.17, 15) is 0 Å². The van der Waals surface area contributed by atoms with Crippen LogP contribution in [0.1, 0.15) is 22.5 Å². The fourth-order valence-electron chi connectivity index (χ4n) is 3.50. The Morgan fingerprint density at radius 2 is 0.878 bits per heavy atom. The van der Waals surface area contributed by atoms with Gasteiger partial charge in [-0.1, -0.05) is 124 Å². The molecule has 0 fully saturated rings. The molecule has 0 atom stereocenters. The molecule has 0 radical (unpaired) electrons. The zero-order valence-corrected chi connectivity index (χ0v) is 30.6. The summed E-state index contributed by atoms with van der Waals surface area (Å²) in [4.78, 5) is 18.6. The molecule has 2 aromatic carbocycles. The third-order valence-corrected chi connectivity index (χ3v) is 6.82. The SMILES string of the molecule is C[Si](C)(C)[N-]/C(=C\c1ccccn1)c1ccccc1.C[Si](C)(C)[N-]/C(=C\c1ccccn1)c1ccccc1.[Cl][Zr+2][Cl]. The summed E-state index contributed by atoms with van der Waals surface area (Å²) in [5.74, 6) is 0. The van der Waals surface area contributed by atoms with Gasteiger partial charge in [-0.15, -0.1) is 11.4 Å². The molecule has 4 rings (SSSR count). The molecule has 0 bridgehead atoms. The Kier molecular flexibility index (Phi) is 15.6. The minimum absolute atomic E-state index is 0.826. The molecule has 212 valence electrons. The number of hydrogen-bond acceptors (Lipinski definition) is 2. The number of rotatable bonds is 8. The van der Waals surface area contributed by atoms with Crippen LogP contribution in [0.5, 0.6) is 0 Å². The van der Waals surface area contributed by atoms with Crippen molar-refractivity contribution < 1.29 is 20.8 Å². The standard InChI is InChI=1S/2C16H19N2Si.2ClH.Zr/c2*1-19(2,3)18-16(14-9-5-4-6-10-14)13-15-11-7-8-12-17-15;;;/h2*4-13H,1-3H3;2*1H;/q2*-1;;;+4/p-2/b2*16-13-;;;. The van der Waals surface area contributed by atoms with Gasteiger partial charge >= 0.3 is 37.9 Å². The number of pyridine rings is 2. The van der Waals surface area contributed by atoms with Gasteiger partial charge in [0.25, 0.3) is 0 Å². The van der Waals surface area contributed by atoms with E-state index in [0.29, 0.717) is 0 Å². The molecule has 2 aromatic heterocycles. The van der Waals surface area contributed by atoms with Gasteiger partial charge in [0.2, 0.25) is 0 Å². The van der Waals surface area contributed by atoms with Gasteiger partial charge in [-0.25, -0.2) is 0 Å². The van der Waals surface area contributed by atoms with Crippen LogP contribution in [0.3, 0.4) is 0 Å². The predicted octanol–water partition coefficient (Wildman–Crippen LogP) is 11.0. The number of nitrogens with zero attached hydrogens (tertiary/aromatic N) is 4. The second-order valence-electron chi connectivity index (χ2n) is 10.9. The predicted molar refractivity (Wildman–Crippen MR) is 182 cm³/mol. The number of benzene rings is 2. The molecule has 4 nitrogen and oxygen atoms in total. The summed E-state index contributed by atoms with van der Waals surface area (Å²) in [5.41, 5.74) is 6.25. The first-order valence-electron chi connectivity index (χ1n) is 13.3. The first kappa shape index (κ1) is 34.9. The van der Waals surface area contributed by atoms with Gasteiger partial charge in [-0.3, -0.25) is 9.97 Å². The number of halogens is 2.